The molecule has 2 aromatic rings. The highest BCUT2D eigenvalue weighted by Gasteiger charge is 2.23. The van der Waals surface area contributed by atoms with E-state index in [2.05, 4.69) is 29.2 Å². The van der Waals surface area contributed by atoms with Gasteiger partial charge in [0.05, 0.1) is 5.52 Å². The summed E-state index contributed by atoms with van der Waals surface area (Å²) in [6.45, 7) is 0. The monoisotopic (exact) mass is 226 g/mol. The molecule has 1 unspecified atom stereocenters. The van der Waals surface area contributed by atoms with E-state index in [1.807, 2.05) is 12.3 Å². The fourth-order valence-electron chi connectivity index (χ4n) is 2.89. The van der Waals surface area contributed by atoms with Gasteiger partial charge in [-0.3, -0.25) is 4.98 Å². The Labute approximate surface area is 102 Å². The molecule has 0 radical (unpaired) electrons. The Kier molecular flexibility index (Phi) is 2.81. The fraction of sp³-hybridized carbons (Fsp3) is 0.400. The minimum Gasteiger partial charge on any atom is -0.324 e. The van der Waals surface area contributed by atoms with Crippen molar-refractivity contribution in [1.82, 2.24) is 4.98 Å². The molecule has 1 heterocycles. The summed E-state index contributed by atoms with van der Waals surface area (Å²) in [4.78, 5) is 4.34. The summed E-state index contributed by atoms with van der Waals surface area (Å²) in [6, 6.07) is 10.7. The van der Waals surface area contributed by atoms with Crippen molar-refractivity contribution in [3.63, 3.8) is 0 Å². The van der Waals surface area contributed by atoms with Gasteiger partial charge in [-0.25, -0.2) is 0 Å². The molecule has 88 valence electrons. The Morgan fingerprint density at radius 2 is 2.00 bits per heavy atom. The third kappa shape index (κ3) is 2.05. The van der Waals surface area contributed by atoms with Crippen molar-refractivity contribution < 1.29 is 0 Å². The first-order valence-corrected chi connectivity index (χ1v) is 6.45. The van der Waals surface area contributed by atoms with Gasteiger partial charge < -0.3 is 5.73 Å². The zero-order valence-corrected chi connectivity index (χ0v) is 9.97. The number of hydrogen-bond donors (Lipinski definition) is 1. The first-order chi connectivity index (χ1) is 8.34. The van der Waals surface area contributed by atoms with E-state index in [0.717, 1.165) is 5.52 Å². The van der Waals surface area contributed by atoms with Gasteiger partial charge in [0.15, 0.2) is 0 Å². The number of rotatable bonds is 2. The molecule has 1 aliphatic rings. The second-order valence-electron chi connectivity index (χ2n) is 5.03. The van der Waals surface area contributed by atoms with E-state index in [0.29, 0.717) is 5.92 Å². The third-order valence-corrected chi connectivity index (χ3v) is 3.92. The Hall–Kier alpha value is -1.41. The van der Waals surface area contributed by atoms with Crippen LogP contribution in [0.15, 0.2) is 36.5 Å². The Bertz CT molecular complexity index is 515. The van der Waals surface area contributed by atoms with Crippen LogP contribution in [0.2, 0.25) is 0 Å². The molecule has 0 saturated heterocycles. The minimum absolute atomic E-state index is 0.196. The fourth-order valence-corrected chi connectivity index (χ4v) is 2.89. The molecular formula is C15H18N2. The zero-order valence-electron chi connectivity index (χ0n) is 9.97. The van der Waals surface area contributed by atoms with Gasteiger partial charge in [-0.1, -0.05) is 25.0 Å². The topological polar surface area (TPSA) is 38.9 Å². The molecule has 0 bridgehead atoms. The van der Waals surface area contributed by atoms with E-state index in [9.17, 15) is 0 Å². The lowest BCUT2D eigenvalue weighted by Gasteiger charge is -2.19. The lowest BCUT2D eigenvalue weighted by molar-refractivity contribution is 0.445. The molecule has 1 aromatic heterocycles. The van der Waals surface area contributed by atoms with Crippen molar-refractivity contribution in [3.05, 3.63) is 42.1 Å². The summed E-state index contributed by atoms with van der Waals surface area (Å²) in [5, 5.41) is 1.19. The first-order valence-electron chi connectivity index (χ1n) is 6.45. The van der Waals surface area contributed by atoms with Crippen molar-refractivity contribution in [1.29, 1.82) is 0 Å². The smallest absolute Gasteiger partial charge is 0.0702 e. The highest BCUT2D eigenvalue weighted by molar-refractivity contribution is 5.79. The predicted octanol–water partition coefficient (Wildman–Crippen LogP) is 3.42. The number of nitrogens with zero attached hydrogens (tertiary/aromatic N) is 1. The molecule has 2 nitrogen and oxygen atoms in total. The highest BCUT2D eigenvalue weighted by atomic mass is 14.7. The number of hydrogen-bond acceptors (Lipinski definition) is 2. The van der Waals surface area contributed by atoms with Crippen LogP contribution in [0.5, 0.6) is 0 Å². The maximum Gasteiger partial charge on any atom is 0.0702 e. The molecule has 1 saturated carbocycles. The van der Waals surface area contributed by atoms with E-state index in [1.165, 1.54) is 36.6 Å². The van der Waals surface area contributed by atoms with E-state index in [1.54, 1.807) is 0 Å². The van der Waals surface area contributed by atoms with Gasteiger partial charge in [-0.05, 0) is 42.5 Å². The molecule has 17 heavy (non-hydrogen) atoms. The summed E-state index contributed by atoms with van der Waals surface area (Å²) >= 11 is 0. The lowest BCUT2D eigenvalue weighted by Crippen LogP contribution is -2.18. The quantitative estimate of drug-likeness (QED) is 0.852. The van der Waals surface area contributed by atoms with E-state index in [4.69, 9.17) is 5.73 Å². The zero-order chi connectivity index (χ0) is 11.7. The Morgan fingerprint density at radius 1 is 1.18 bits per heavy atom. The summed E-state index contributed by atoms with van der Waals surface area (Å²) < 4.78 is 0. The second kappa shape index (κ2) is 4.46. The molecule has 0 aliphatic heterocycles. The van der Waals surface area contributed by atoms with Gasteiger partial charge in [0.1, 0.15) is 0 Å². The van der Waals surface area contributed by atoms with E-state index >= 15 is 0 Å². The summed E-state index contributed by atoms with van der Waals surface area (Å²) in [7, 11) is 0. The second-order valence-corrected chi connectivity index (χ2v) is 5.03. The molecule has 2 heteroatoms. The number of aromatic nitrogens is 1. The minimum atomic E-state index is 0.196. The summed E-state index contributed by atoms with van der Waals surface area (Å²) in [5.41, 5.74) is 8.68. The summed E-state index contributed by atoms with van der Waals surface area (Å²) in [5.74, 6) is 0.670. The molecule has 0 spiro atoms. The normalized spacial score (nSPS) is 18.6. The first kappa shape index (κ1) is 10.7. The molecule has 3 rings (SSSR count). The van der Waals surface area contributed by atoms with Gasteiger partial charge in [0.2, 0.25) is 0 Å². The van der Waals surface area contributed by atoms with Crippen LogP contribution in [-0.2, 0) is 0 Å². The van der Waals surface area contributed by atoms with Crippen molar-refractivity contribution in [3.8, 4) is 0 Å². The van der Waals surface area contributed by atoms with Crippen LogP contribution in [0, 0.1) is 5.92 Å². The standard InChI is InChI=1S/C15H18N2/c16-15(11-4-1-2-5-11)13-7-8-14-12(10-13)6-3-9-17-14/h3,6-11,15H,1-2,4-5,16H2. The van der Waals surface area contributed by atoms with Crippen LogP contribution < -0.4 is 5.73 Å². The van der Waals surface area contributed by atoms with Gasteiger partial charge in [0.25, 0.3) is 0 Å². The van der Waals surface area contributed by atoms with Crippen molar-refractivity contribution in [2.75, 3.05) is 0 Å². The van der Waals surface area contributed by atoms with Gasteiger partial charge in [0, 0.05) is 17.6 Å². The highest BCUT2D eigenvalue weighted by Crippen LogP contribution is 2.34. The van der Waals surface area contributed by atoms with Crippen LogP contribution in [0.4, 0.5) is 0 Å². The van der Waals surface area contributed by atoms with Gasteiger partial charge in [-0.15, -0.1) is 0 Å². The molecule has 1 atom stereocenters. The van der Waals surface area contributed by atoms with Crippen LogP contribution in [0.1, 0.15) is 37.3 Å². The number of pyridine rings is 1. The number of benzene rings is 1. The average Bonchev–Trinajstić information content (AvgIpc) is 2.91. The Morgan fingerprint density at radius 3 is 2.82 bits per heavy atom. The maximum atomic E-state index is 6.37. The van der Waals surface area contributed by atoms with E-state index < -0.39 is 0 Å². The molecule has 1 aromatic carbocycles. The van der Waals surface area contributed by atoms with Crippen LogP contribution in [0.3, 0.4) is 0 Å². The largest absolute Gasteiger partial charge is 0.324 e. The molecular weight excluding hydrogens is 208 g/mol. The Balaban J connectivity index is 1.94. The van der Waals surface area contributed by atoms with Crippen molar-refractivity contribution in [2.45, 2.75) is 31.7 Å². The van der Waals surface area contributed by atoms with Crippen LogP contribution in [-0.4, -0.2) is 4.98 Å². The van der Waals surface area contributed by atoms with Crippen LogP contribution >= 0.6 is 0 Å². The molecule has 1 fully saturated rings. The predicted molar refractivity (Wildman–Crippen MR) is 70.6 cm³/mol. The van der Waals surface area contributed by atoms with Gasteiger partial charge >= 0.3 is 0 Å². The molecule has 1 aliphatic carbocycles. The van der Waals surface area contributed by atoms with Crippen LogP contribution in [0.25, 0.3) is 10.9 Å². The van der Waals surface area contributed by atoms with Crippen molar-refractivity contribution in [2.24, 2.45) is 11.7 Å². The molecule has 2 N–H and O–H groups in total. The lowest BCUT2D eigenvalue weighted by atomic mass is 9.92. The summed E-state index contributed by atoms with van der Waals surface area (Å²) in [6.07, 6.45) is 7.08. The average molecular weight is 226 g/mol. The van der Waals surface area contributed by atoms with Crippen molar-refractivity contribution >= 4 is 10.9 Å². The number of fused-ring (bicyclic) bond motifs is 1. The SMILES string of the molecule is NC(c1ccc2ncccc2c1)C1CCCC1. The third-order valence-electron chi connectivity index (χ3n) is 3.92. The van der Waals surface area contributed by atoms with Gasteiger partial charge in [-0.2, -0.15) is 0 Å². The number of nitrogens with two attached hydrogens (primary N) is 1. The molecule has 0 amide bonds. The van der Waals surface area contributed by atoms with E-state index in [-0.39, 0.29) is 6.04 Å². The maximum absolute atomic E-state index is 6.37.